The van der Waals surface area contributed by atoms with Crippen LogP contribution in [-0.4, -0.2) is 44.7 Å². The Bertz CT molecular complexity index is 831. The van der Waals surface area contributed by atoms with Crippen molar-refractivity contribution in [2.45, 2.75) is 13.5 Å². The van der Waals surface area contributed by atoms with E-state index in [4.69, 9.17) is 4.74 Å². The normalized spacial score (nSPS) is 10.5. The van der Waals surface area contributed by atoms with E-state index in [1.807, 2.05) is 49.4 Å². The number of benzene rings is 2. The van der Waals surface area contributed by atoms with Gasteiger partial charge in [0, 0.05) is 13.6 Å². The first-order valence-electron chi connectivity index (χ1n) is 7.98. The number of aromatic nitrogens is 4. The largest absolute Gasteiger partial charge is 0.494 e. The number of rotatable bonds is 6. The Kier molecular flexibility index (Phi) is 5.03. The Morgan fingerprint density at radius 2 is 1.92 bits per heavy atom. The van der Waals surface area contributed by atoms with E-state index in [0.29, 0.717) is 24.4 Å². The van der Waals surface area contributed by atoms with E-state index in [1.165, 1.54) is 11.0 Å². The van der Waals surface area contributed by atoms with Crippen LogP contribution in [0.25, 0.3) is 5.69 Å². The van der Waals surface area contributed by atoms with Crippen molar-refractivity contribution >= 4 is 5.91 Å². The summed E-state index contributed by atoms with van der Waals surface area (Å²) in [5.74, 6) is 0.726. The van der Waals surface area contributed by atoms with Crippen molar-refractivity contribution in [3.05, 3.63) is 66.0 Å². The van der Waals surface area contributed by atoms with Gasteiger partial charge >= 0.3 is 0 Å². The van der Waals surface area contributed by atoms with E-state index < -0.39 is 0 Å². The number of amides is 1. The highest BCUT2D eigenvalue weighted by atomic mass is 16.5. The molecule has 25 heavy (non-hydrogen) atoms. The van der Waals surface area contributed by atoms with E-state index in [9.17, 15) is 4.79 Å². The van der Waals surface area contributed by atoms with Crippen LogP contribution in [0.15, 0.2) is 54.9 Å². The molecular weight excluding hydrogens is 318 g/mol. The number of carbonyl (C=O) groups excluding carboxylic acids is 1. The molecule has 0 unspecified atom stereocenters. The van der Waals surface area contributed by atoms with Crippen LogP contribution < -0.4 is 4.74 Å². The molecule has 0 bridgehead atoms. The van der Waals surface area contributed by atoms with Crippen molar-refractivity contribution in [1.82, 2.24) is 25.1 Å². The van der Waals surface area contributed by atoms with Crippen LogP contribution in [0.5, 0.6) is 5.75 Å². The van der Waals surface area contributed by atoms with Crippen LogP contribution >= 0.6 is 0 Å². The van der Waals surface area contributed by atoms with E-state index in [0.717, 1.165) is 11.3 Å². The molecule has 7 nitrogen and oxygen atoms in total. The zero-order chi connectivity index (χ0) is 17.6. The van der Waals surface area contributed by atoms with Crippen molar-refractivity contribution in [2.24, 2.45) is 0 Å². The van der Waals surface area contributed by atoms with E-state index in [-0.39, 0.29) is 5.91 Å². The van der Waals surface area contributed by atoms with Crippen molar-refractivity contribution in [1.29, 1.82) is 0 Å². The lowest BCUT2D eigenvalue weighted by Gasteiger charge is -2.19. The van der Waals surface area contributed by atoms with E-state index in [1.54, 1.807) is 18.0 Å². The molecule has 0 fully saturated rings. The average Bonchev–Trinajstić information content (AvgIpc) is 3.17. The van der Waals surface area contributed by atoms with Gasteiger partial charge in [0.2, 0.25) is 0 Å². The molecule has 0 saturated heterocycles. The fraction of sp³-hybridized carbons (Fsp3) is 0.222. The summed E-state index contributed by atoms with van der Waals surface area (Å²) in [4.78, 5) is 14.5. The molecule has 7 heteroatoms. The Morgan fingerprint density at radius 1 is 1.16 bits per heavy atom. The summed E-state index contributed by atoms with van der Waals surface area (Å²) >= 11 is 0. The Labute approximate surface area is 145 Å². The van der Waals surface area contributed by atoms with Gasteiger partial charge in [0.15, 0.2) is 0 Å². The molecular formula is C18H19N5O2. The maximum atomic E-state index is 12.9. The molecule has 0 aliphatic carbocycles. The second-order valence-corrected chi connectivity index (χ2v) is 5.51. The predicted octanol–water partition coefficient (Wildman–Crippen LogP) is 2.33. The molecule has 0 atom stereocenters. The minimum Gasteiger partial charge on any atom is -0.494 e. The van der Waals surface area contributed by atoms with Gasteiger partial charge in [-0.15, -0.1) is 5.10 Å². The molecule has 0 spiro atoms. The minimum absolute atomic E-state index is 0.0972. The first-order valence-corrected chi connectivity index (χ1v) is 7.98. The van der Waals surface area contributed by atoms with Gasteiger partial charge in [-0.2, -0.15) is 4.68 Å². The smallest absolute Gasteiger partial charge is 0.256 e. The second kappa shape index (κ2) is 7.57. The van der Waals surface area contributed by atoms with E-state index >= 15 is 0 Å². The van der Waals surface area contributed by atoms with Crippen LogP contribution in [0, 0.1) is 0 Å². The van der Waals surface area contributed by atoms with Gasteiger partial charge in [0.05, 0.1) is 17.9 Å². The molecule has 3 rings (SSSR count). The summed E-state index contributed by atoms with van der Waals surface area (Å²) < 4.78 is 6.92. The fourth-order valence-corrected chi connectivity index (χ4v) is 2.53. The minimum atomic E-state index is -0.0972. The van der Waals surface area contributed by atoms with Crippen molar-refractivity contribution in [3.63, 3.8) is 0 Å². The predicted molar refractivity (Wildman–Crippen MR) is 92.6 cm³/mol. The molecule has 128 valence electrons. The molecule has 3 aromatic rings. The van der Waals surface area contributed by atoms with Crippen LogP contribution in [0.1, 0.15) is 22.8 Å². The van der Waals surface area contributed by atoms with Crippen molar-refractivity contribution in [3.8, 4) is 11.4 Å². The average molecular weight is 337 g/mol. The molecule has 0 N–H and O–H groups in total. The lowest BCUT2D eigenvalue weighted by atomic mass is 10.1. The standard InChI is InChI=1S/C18H19N5O2/c1-3-25-15-10-8-14(9-11-15)12-22(2)18(24)16-6-4-5-7-17(16)23-13-19-20-21-23/h4-11,13H,3,12H2,1-2H3. The monoisotopic (exact) mass is 337 g/mol. The molecule has 1 heterocycles. The van der Waals surface area contributed by atoms with Gasteiger partial charge in [-0.05, 0) is 47.2 Å². The highest BCUT2D eigenvalue weighted by molar-refractivity contribution is 5.97. The number of para-hydroxylation sites is 1. The Morgan fingerprint density at radius 3 is 2.60 bits per heavy atom. The third kappa shape index (κ3) is 3.82. The number of carbonyl (C=O) groups is 1. The lowest BCUT2D eigenvalue weighted by Crippen LogP contribution is -2.27. The summed E-state index contributed by atoms with van der Waals surface area (Å²) in [6.07, 6.45) is 1.47. The van der Waals surface area contributed by atoms with Gasteiger partial charge in [0.25, 0.3) is 5.91 Å². The summed E-state index contributed by atoms with van der Waals surface area (Å²) in [5, 5.41) is 11.1. The topological polar surface area (TPSA) is 73.1 Å². The zero-order valence-electron chi connectivity index (χ0n) is 14.2. The fourth-order valence-electron chi connectivity index (χ4n) is 2.53. The maximum absolute atomic E-state index is 12.9. The van der Waals surface area contributed by atoms with Crippen LogP contribution in [-0.2, 0) is 6.54 Å². The lowest BCUT2D eigenvalue weighted by molar-refractivity contribution is 0.0785. The Balaban J connectivity index is 1.77. The van der Waals surface area contributed by atoms with Gasteiger partial charge in [0.1, 0.15) is 12.1 Å². The molecule has 0 saturated carbocycles. The summed E-state index contributed by atoms with van der Waals surface area (Å²) in [5.41, 5.74) is 2.22. The SMILES string of the molecule is CCOc1ccc(CN(C)C(=O)c2ccccc2-n2cnnn2)cc1. The number of hydrogen-bond donors (Lipinski definition) is 0. The third-order valence-electron chi connectivity index (χ3n) is 3.73. The first-order chi connectivity index (χ1) is 12.2. The highest BCUT2D eigenvalue weighted by Gasteiger charge is 2.17. The highest BCUT2D eigenvalue weighted by Crippen LogP contribution is 2.17. The second-order valence-electron chi connectivity index (χ2n) is 5.51. The zero-order valence-corrected chi connectivity index (χ0v) is 14.2. The van der Waals surface area contributed by atoms with Gasteiger partial charge < -0.3 is 9.64 Å². The first kappa shape index (κ1) is 16.6. The number of nitrogens with zero attached hydrogens (tertiary/aromatic N) is 5. The number of tetrazole rings is 1. The number of hydrogen-bond acceptors (Lipinski definition) is 5. The quantitative estimate of drug-likeness (QED) is 0.690. The molecule has 0 aliphatic heterocycles. The van der Waals surface area contributed by atoms with Gasteiger partial charge in [-0.3, -0.25) is 4.79 Å². The van der Waals surface area contributed by atoms with Crippen LogP contribution in [0.2, 0.25) is 0 Å². The van der Waals surface area contributed by atoms with Crippen molar-refractivity contribution < 1.29 is 9.53 Å². The molecule has 1 amide bonds. The van der Waals surface area contributed by atoms with Gasteiger partial charge in [-0.25, -0.2) is 0 Å². The summed E-state index contributed by atoms with van der Waals surface area (Å²) in [6.45, 7) is 3.07. The van der Waals surface area contributed by atoms with Crippen LogP contribution in [0.3, 0.4) is 0 Å². The summed E-state index contributed by atoms with van der Waals surface area (Å²) in [6, 6.07) is 15.0. The third-order valence-corrected chi connectivity index (χ3v) is 3.73. The van der Waals surface area contributed by atoms with Crippen LogP contribution in [0.4, 0.5) is 0 Å². The number of ether oxygens (including phenoxy) is 1. The van der Waals surface area contributed by atoms with Gasteiger partial charge in [-0.1, -0.05) is 24.3 Å². The summed E-state index contributed by atoms with van der Waals surface area (Å²) in [7, 11) is 1.77. The maximum Gasteiger partial charge on any atom is 0.256 e. The molecule has 0 radical (unpaired) electrons. The molecule has 0 aliphatic rings. The molecule has 1 aromatic heterocycles. The van der Waals surface area contributed by atoms with E-state index in [2.05, 4.69) is 15.5 Å². The van der Waals surface area contributed by atoms with Crippen molar-refractivity contribution in [2.75, 3.05) is 13.7 Å². The molecule has 2 aromatic carbocycles. The Hall–Kier alpha value is -3.22.